The molecule has 0 aliphatic carbocycles. The Morgan fingerprint density at radius 1 is 1.07 bits per heavy atom. The van der Waals surface area contributed by atoms with Crippen LogP contribution in [0.5, 0.6) is 11.5 Å². The van der Waals surface area contributed by atoms with E-state index < -0.39 is 6.04 Å². The molecule has 30 heavy (non-hydrogen) atoms. The topological polar surface area (TPSA) is 65.1 Å². The first-order chi connectivity index (χ1) is 14.5. The molecule has 0 radical (unpaired) electrons. The second kappa shape index (κ2) is 9.89. The van der Waals surface area contributed by atoms with Gasteiger partial charge < -0.3 is 19.1 Å². The molecular formula is C23H27NO5S. The maximum absolute atomic E-state index is 13.3. The molecule has 0 N–H and O–H groups in total. The summed E-state index contributed by atoms with van der Waals surface area (Å²) in [6.07, 6.45) is 2.80. The lowest BCUT2D eigenvalue weighted by molar-refractivity contribution is -0.141. The fraction of sp³-hybridized carbons (Fsp3) is 0.391. The van der Waals surface area contributed by atoms with Gasteiger partial charge in [-0.2, -0.15) is 11.8 Å². The summed E-state index contributed by atoms with van der Waals surface area (Å²) in [5.74, 6) is 1.65. The third-order valence-corrected chi connectivity index (χ3v) is 5.99. The predicted molar refractivity (Wildman–Crippen MR) is 117 cm³/mol. The number of rotatable bonds is 7. The van der Waals surface area contributed by atoms with E-state index in [9.17, 15) is 9.59 Å². The van der Waals surface area contributed by atoms with E-state index in [-0.39, 0.29) is 18.3 Å². The lowest BCUT2D eigenvalue weighted by Crippen LogP contribution is -2.41. The van der Waals surface area contributed by atoms with E-state index in [0.29, 0.717) is 30.0 Å². The quantitative estimate of drug-likeness (QED) is 0.623. The molecule has 0 saturated heterocycles. The largest absolute Gasteiger partial charge is 0.493 e. The number of nitrogens with zero attached hydrogens (tertiary/aromatic N) is 1. The fourth-order valence-corrected chi connectivity index (χ4v) is 4.33. The van der Waals surface area contributed by atoms with Crippen molar-refractivity contribution in [3.8, 4) is 11.5 Å². The normalized spacial score (nSPS) is 15.3. The minimum Gasteiger partial charge on any atom is -0.493 e. The number of carbonyl (C=O) groups excluding carboxylic acids is 2. The Balaban J connectivity index is 1.97. The molecule has 0 saturated carbocycles. The number of thioether (sulfide) groups is 1. The van der Waals surface area contributed by atoms with Crippen LogP contribution in [0.15, 0.2) is 36.4 Å². The maximum atomic E-state index is 13.3. The molecule has 2 aromatic carbocycles. The molecule has 7 heteroatoms. The van der Waals surface area contributed by atoms with Crippen molar-refractivity contribution in [2.24, 2.45) is 0 Å². The second-order valence-corrected chi connectivity index (χ2v) is 7.95. The summed E-state index contributed by atoms with van der Waals surface area (Å²) in [5, 5.41) is 0. The van der Waals surface area contributed by atoms with Gasteiger partial charge in [0.05, 0.1) is 33.8 Å². The van der Waals surface area contributed by atoms with Gasteiger partial charge in [0.15, 0.2) is 11.5 Å². The van der Waals surface area contributed by atoms with Gasteiger partial charge in [0.2, 0.25) is 0 Å². The monoisotopic (exact) mass is 429 g/mol. The number of benzene rings is 2. The lowest BCUT2D eigenvalue weighted by Gasteiger charge is -2.37. The molecule has 1 unspecified atom stereocenters. The summed E-state index contributed by atoms with van der Waals surface area (Å²) in [6, 6.07) is 11.0. The first-order valence-electron chi connectivity index (χ1n) is 9.72. The minimum absolute atomic E-state index is 0.0787. The van der Waals surface area contributed by atoms with Gasteiger partial charge in [0.1, 0.15) is 0 Å². The Morgan fingerprint density at radius 2 is 1.73 bits per heavy atom. The van der Waals surface area contributed by atoms with Crippen molar-refractivity contribution >= 4 is 23.6 Å². The van der Waals surface area contributed by atoms with Gasteiger partial charge in [0.25, 0.3) is 5.91 Å². The molecule has 1 atom stereocenters. The first-order valence-corrected chi connectivity index (χ1v) is 11.1. The molecule has 160 valence electrons. The van der Waals surface area contributed by atoms with Crippen molar-refractivity contribution in [3.63, 3.8) is 0 Å². The van der Waals surface area contributed by atoms with Gasteiger partial charge in [-0.25, -0.2) is 0 Å². The smallest absolute Gasteiger partial charge is 0.307 e. The maximum Gasteiger partial charge on any atom is 0.307 e. The van der Waals surface area contributed by atoms with Crippen molar-refractivity contribution in [1.82, 2.24) is 4.90 Å². The summed E-state index contributed by atoms with van der Waals surface area (Å²) >= 11 is 1.74. The van der Waals surface area contributed by atoms with Crippen LogP contribution in [0.25, 0.3) is 0 Å². The van der Waals surface area contributed by atoms with Crippen LogP contribution in [0.3, 0.4) is 0 Å². The van der Waals surface area contributed by atoms with Crippen LogP contribution in [0.4, 0.5) is 0 Å². The van der Waals surface area contributed by atoms with E-state index in [1.54, 1.807) is 30.9 Å². The average molecular weight is 430 g/mol. The van der Waals surface area contributed by atoms with Crippen molar-refractivity contribution in [2.75, 3.05) is 34.1 Å². The predicted octanol–water partition coefficient (Wildman–Crippen LogP) is 3.87. The molecule has 3 rings (SSSR count). The Kier molecular flexibility index (Phi) is 7.26. The molecule has 1 heterocycles. The SMILES string of the molecule is COC(=O)CC1c2cc(OC)c(OC)cc2CCN1C(=O)c1ccc(CSC)cc1. The van der Waals surface area contributed by atoms with Gasteiger partial charge in [-0.05, 0) is 53.6 Å². The van der Waals surface area contributed by atoms with Crippen molar-refractivity contribution in [3.05, 3.63) is 58.7 Å². The highest BCUT2D eigenvalue weighted by molar-refractivity contribution is 7.97. The highest BCUT2D eigenvalue weighted by Gasteiger charge is 2.34. The summed E-state index contributed by atoms with van der Waals surface area (Å²) in [5.41, 5.74) is 3.71. The van der Waals surface area contributed by atoms with E-state index >= 15 is 0 Å². The Hall–Kier alpha value is -2.67. The lowest BCUT2D eigenvalue weighted by atomic mass is 9.89. The van der Waals surface area contributed by atoms with Crippen molar-refractivity contribution < 1.29 is 23.8 Å². The van der Waals surface area contributed by atoms with E-state index in [1.807, 2.05) is 42.7 Å². The number of esters is 1. The van der Waals surface area contributed by atoms with Crippen LogP contribution >= 0.6 is 11.8 Å². The molecule has 0 aromatic heterocycles. The highest BCUT2D eigenvalue weighted by Crippen LogP contribution is 2.40. The molecule has 1 aliphatic rings. The van der Waals surface area contributed by atoms with Gasteiger partial charge in [-0.15, -0.1) is 0 Å². The standard InChI is InChI=1S/C23H27NO5S/c1-27-20-11-17-9-10-24(23(26)16-7-5-15(6-8-16)14-30-4)19(13-22(25)29-3)18(17)12-21(20)28-2/h5-8,11-12,19H,9-10,13-14H2,1-4H3. The second-order valence-electron chi connectivity index (χ2n) is 7.08. The van der Waals surface area contributed by atoms with E-state index in [4.69, 9.17) is 14.2 Å². The average Bonchev–Trinajstić information content (AvgIpc) is 2.78. The minimum atomic E-state index is -0.431. The summed E-state index contributed by atoms with van der Waals surface area (Å²) < 4.78 is 15.8. The van der Waals surface area contributed by atoms with Gasteiger partial charge in [-0.1, -0.05) is 12.1 Å². The van der Waals surface area contributed by atoms with Crippen LogP contribution in [-0.2, 0) is 21.7 Å². The molecule has 1 amide bonds. The van der Waals surface area contributed by atoms with Gasteiger partial charge in [-0.3, -0.25) is 9.59 Å². The Morgan fingerprint density at radius 3 is 2.33 bits per heavy atom. The molecular weight excluding hydrogens is 402 g/mol. The van der Waals surface area contributed by atoms with E-state index in [0.717, 1.165) is 16.9 Å². The first kappa shape index (κ1) is 22.0. The summed E-state index contributed by atoms with van der Waals surface area (Å²) in [4.78, 5) is 27.3. The van der Waals surface area contributed by atoms with Crippen LogP contribution in [0, 0.1) is 0 Å². The fourth-order valence-electron chi connectivity index (χ4n) is 3.81. The number of methoxy groups -OCH3 is 3. The zero-order valence-electron chi connectivity index (χ0n) is 17.8. The third-order valence-electron chi connectivity index (χ3n) is 5.36. The molecule has 0 fully saturated rings. The highest BCUT2D eigenvalue weighted by atomic mass is 32.2. The van der Waals surface area contributed by atoms with Crippen molar-refractivity contribution in [1.29, 1.82) is 0 Å². The molecule has 6 nitrogen and oxygen atoms in total. The number of amides is 1. The molecule has 1 aliphatic heterocycles. The summed E-state index contributed by atoms with van der Waals surface area (Å²) in [6.45, 7) is 0.509. The van der Waals surface area contributed by atoms with Crippen LogP contribution < -0.4 is 9.47 Å². The van der Waals surface area contributed by atoms with Gasteiger partial charge >= 0.3 is 5.97 Å². The number of hydrogen-bond donors (Lipinski definition) is 0. The van der Waals surface area contributed by atoms with Crippen molar-refractivity contribution in [2.45, 2.75) is 24.6 Å². The number of ether oxygens (including phenoxy) is 3. The van der Waals surface area contributed by atoms with Gasteiger partial charge in [0, 0.05) is 17.9 Å². The molecule has 2 aromatic rings. The molecule has 0 spiro atoms. The summed E-state index contributed by atoms with van der Waals surface area (Å²) in [7, 11) is 4.52. The number of carbonyl (C=O) groups is 2. The van der Waals surface area contributed by atoms with E-state index in [1.165, 1.54) is 12.7 Å². The third kappa shape index (κ3) is 4.56. The Labute approximate surface area is 181 Å². The zero-order chi connectivity index (χ0) is 21.7. The molecule has 0 bridgehead atoms. The van der Waals surface area contributed by atoms with Crippen LogP contribution in [-0.4, -0.2) is 50.9 Å². The van der Waals surface area contributed by atoms with Crippen LogP contribution in [0.2, 0.25) is 0 Å². The number of hydrogen-bond acceptors (Lipinski definition) is 6. The Bertz CT molecular complexity index is 913. The number of fused-ring (bicyclic) bond motifs is 1. The van der Waals surface area contributed by atoms with Crippen LogP contribution in [0.1, 0.15) is 39.5 Å². The van der Waals surface area contributed by atoms with E-state index in [2.05, 4.69) is 0 Å². The zero-order valence-corrected chi connectivity index (χ0v) is 18.6.